The number of nitrogens with one attached hydrogen (secondary N) is 1. The van der Waals surface area contributed by atoms with Gasteiger partial charge < -0.3 is 5.32 Å². The first-order valence-corrected chi connectivity index (χ1v) is 5.44. The van der Waals surface area contributed by atoms with Gasteiger partial charge in [0.25, 0.3) is 5.91 Å². The summed E-state index contributed by atoms with van der Waals surface area (Å²) in [6.45, 7) is 0. The van der Waals surface area contributed by atoms with Gasteiger partial charge in [-0.25, -0.2) is 9.18 Å². The van der Waals surface area contributed by atoms with Gasteiger partial charge in [-0.15, -0.1) is 0 Å². The molecule has 0 aliphatic rings. The van der Waals surface area contributed by atoms with E-state index in [9.17, 15) is 14.0 Å². The third-order valence-electron chi connectivity index (χ3n) is 2.39. The molecule has 0 heterocycles. The maximum atomic E-state index is 12.7. The van der Waals surface area contributed by atoms with Crippen LogP contribution in [0.3, 0.4) is 0 Å². The van der Waals surface area contributed by atoms with Crippen LogP contribution in [-0.2, 0) is 4.79 Å². The smallest absolute Gasteiger partial charge is 0.255 e. The molecule has 0 saturated heterocycles. The Morgan fingerprint density at radius 2 is 1.89 bits per heavy atom. The molecule has 0 atom stereocenters. The van der Waals surface area contributed by atoms with Crippen molar-refractivity contribution in [1.82, 2.24) is 0 Å². The van der Waals surface area contributed by atoms with Crippen LogP contribution >= 0.6 is 0 Å². The molecule has 19 heavy (non-hydrogen) atoms. The second-order valence-electron chi connectivity index (χ2n) is 3.71. The topological polar surface area (TPSA) is 58.5 Å². The number of anilines is 1. The summed E-state index contributed by atoms with van der Waals surface area (Å²) < 4.78 is 12.7. The fraction of sp³-hybridized carbons (Fsp3) is 0. The largest absolute Gasteiger partial charge is 0.322 e. The van der Waals surface area contributed by atoms with E-state index >= 15 is 0 Å². The number of carbonyl (C=O) groups excluding carboxylic acids is 2. The molecule has 94 valence electrons. The highest BCUT2D eigenvalue weighted by molar-refractivity contribution is 6.04. The number of amides is 1. The Labute approximate surface area is 108 Å². The van der Waals surface area contributed by atoms with E-state index < -0.39 is 0 Å². The van der Waals surface area contributed by atoms with Gasteiger partial charge in [-0.3, -0.25) is 4.79 Å². The number of isocyanates is 1. The van der Waals surface area contributed by atoms with E-state index in [1.165, 1.54) is 36.4 Å². The molecule has 1 N–H and O–H groups in total. The molecule has 2 aromatic carbocycles. The van der Waals surface area contributed by atoms with Crippen LogP contribution in [0.25, 0.3) is 0 Å². The molecule has 5 heteroatoms. The zero-order valence-electron chi connectivity index (χ0n) is 9.76. The summed E-state index contributed by atoms with van der Waals surface area (Å²) in [5, 5.41) is 2.61. The van der Waals surface area contributed by atoms with Gasteiger partial charge in [0, 0.05) is 11.3 Å². The number of aliphatic imine (C=N–C) groups is 1. The third kappa shape index (κ3) is 3.34. The predicted molar refractivity (Wildman–Crippen MR) is 68.6 cm³/mol. The van der Waals surface area contributed by atoms with Gasteiger partial charge >= 0.3 is 0 Å². The molecule has 0 unspecified atom stereocenters. The van der Waals surface area contributed by atoms with E-state index in [0.717, 1.165) is 0 Å². The molecule has 0 radical (unpaired) electrons. The lowest BCUT2D eigenvalue weighted by atomic mass is 10.2. The molecule has 0 aliphatic heterocycles. The first-order chi connectivity index (χ1) is 9.19. The summed E-state index contributed by atoms with van der Waals surface area (Å²) in [4.78, 5) is 25.5. The van der Waals surface area contributed by atoms with Crippen molar-refractivity contribution in [1.29, 1.82) is 0 Å². The van der Waals surface area contributed by atoms with Crippen molar-refractivity contribution in [3.05, 3.63) is 59.9 Å². The predicted octanol–water partition coefficient (Wildman–Crippen LogP) is 3.05. The molecule has 0 spiro atoms. The highest BCUT2D eigenvalue weighted by Gasteiger charge is 2.06. The maximum absolute atomic E-state index is 12.7. The summed E-state index contributed by atoms with van der Waals surface area (Å²) >= 11 is 0. The number of rotatable bonds is 3. The molecule has 1 amide bonds. The Morgan fingerprint density at radius 1 is 1.16 bits per heavy atom. The lowest BCUT2D eigenvalue weighted by Crippen LogP contribution is -2.11. The molecule has 0 saturated carbocycles. The molecular weight excluding hydrogens is 247 g/mol. The van der Waals surface area contributed by atoms with E-state index in [1.807, 2.05) is 0 Å². The summed E-state index contributed by atoms with van der Waals surface area (Å²) in [5.41, 5.74) is 1.18. The van der Waals surface area contributed by atoms with E-state index in [-0.39, 0.29) is 11.7 Å². The van der Waals surface area contributed by atoms with Gasteiger partial charge in [-0.2, -0.15) is 4.99 Å². The number of hydrogen-bond acceptors (Lipinski definition) is 3. The van der Waals surface area contributed by atoms with Gasteiger partial charge in [0.15, 0.2) is 0 Å². The lowest BCUT2D eigenvalue weighted by Gasteiger charge is -2.05. The molecular formula is C14H9FN2O2. The highest BCUT2D eigenvalue weighted by Crippen LogP contribution is 2.15. The van der Waals surface area contributed by atoms with Crippen molar-refractivity contribution in [2.45, 2.75) is 0 Å². The molecule has 0 aromatic heterocycles. The average molecular weight is 256 g/mol. The minimum atomic E-state index is -0.375. The minimum Gasteiger partial charge on any atom is -0.322 e. The molecule has 4 nitrogen and oxygen atoms in total. The zero-order valence-corrected chi connectivity index (χ0v) is 9.76. The summed E-state index contributed by atoms with van der Waals surface area (Å²) in [7, 11) is 0. The van der Waals surface area contributed by atoms with Gasteiger partial charge in [0.2, 0.25) is 6.08 Å². The van der Waals surface area contributed by atoms with E-state index in [1.54, 1.807) is 18.2 Å². The highest BCUT2D eigenvalue weighted by atomic mass is 19.1. The first-order valence-electron chi connectivity index (χ1n) is 5.44. The van der Waals surface area contributed by atoms with Gasteiger partial charge in [-0.1, -0.05) is 6.07 Å². The Kier molecular flexibility index (Phi) is 3.81. The monoisotopic (exact) mass is 256 g/mol. The molecule has 2 aromatic rings. The van der Waals surface area contributed by atoms with Gasteiger partial charge in [-0.05, 0) is 42.5 Å². The third-order valence-corrected chi connectivity index (χ3v) is 2.39. The first kappa shape index (κ1) is 12.7. The molecule has 0 aliphatic carbocycles. The van der Waals surface area contributed by atoms with Crippen molar-refractivity contribution < 1.29 is 14.0 Å². The summed E-state index contributed by atoms with van der Waals surface area (Å²) in [5.74, 6) is -0.741. The molecule has 2 rings (SSSR count). The van der Waals surface area contributed by atoms with Crippen LogP contribution in [0.1, 0.15) is 10.4 Å². The van der Waals surface area contributed by atoms with E-state index in [4.69, 9.17) is 0 Å². The normalized spacial score (nSPS) is 9.53. The zero-order chi connectivity index (χ0) is 13.7. The van der Waals surface area contributed by atoms with Crippen molar-refractivity contribution in [2.24, 2.45) is 4.99 Å². The Hall–Kier alpha value is -2.78. The Morgan fingerprint density at radius 3 is 2.58 bits per heavy atom. The maximum Gasteiger partial charge on any atom is 0.255 e. The molecule has 0 fully saturated rings. The SMILES string of the molecule is O=C=Nc1cccc(C(=O)Nc2ccc(F)cc2)c1. The fourth-order valence-corrected chi connectivity index (χ4v) is 1.51. The number of carbonyl (C=O) groups is 1. The Balaban J connectivity index is 2.17. The number of nitrogens with zero attached hydrogens (tertiary/aromatic N) is 1. The van der Waals surface area contributed by atoms with E-state index in [2.05, 4.69) is 10.3 Å². The summed E-state index contributed by atoms with van der Waals surface area (Å²) in [6, 6.07) is 11.7. The van der Waals surface area contributed by atoms with Crippen LogP contribution in [0.4, 0.5) is 15.8 Å². The van der Waals surface area contributed by atoms with Crippen molar-refractivity contribution >= 4 is 23.4 Å². The number of hydrogen-bond donors (Lipinski definition) is 1. The quantitative estimate of drug-likeness (QED) is 0.677. The van der Waals surface area contributed by atoms with Crippen LogP contribution in [0, 0.1) is 5.82 Å². The van der Waals surface area contributed by atoms with Gasteiger partial charge in [0.1, 0.15) is 5.82 Å². The average Bonchev–Trinajstić information content (AvgIpc) is 2.42. The van der Waals surface area contributed by atoms with Crippen molar-refractivity contribution in [3.8, 4) is 0 Å². The second kappa shape index (κ2) is 5.71. The number of halogens is 1. The van der Waals surface area contributed by atoms with Gasteiger partial charge in [0.05, 0.1) is 5.69 Å². The van der Waals surface area contributed by atoms with Crippen LogP contribution in [0.5, 0.6) is 0 Å². The van der Waals surface area contributed by atoms with E-state index in [0.29, 0.717) is 16.9 Å². The lowest BCUT2D eigenvalue weighted by molar-refractivity contribution is 0.102. The van der Waals surface area contributed by atoms with Crippen molar-refractivity contribution in [3.63, 3.8) is 0 Å². The van der Waals surface area contributed by atoms with Crippen molar-refractivity contribution in [2.75, 3.05) is 5.32 Å². The minimum absolute atomic E-state index is 0.348. The van der Waals surface area contributed by atoms with Crippen LogP contribution in [-0.4, -0.2) is 12.0 Å². The summed E-state index contributed by atoms with van der Waals surface area (Å²) in [6.07, 6.45) is 1.41. The van der Waals surface area contributed by atoms with Crippen LogP contribution < -0.4 is 5.32 Å². The standard InChI is InChI=1S/C14H9FN2O2/c15-11-4-6-12(7-5-11)17-14(19)10-2-1-3-13(8-10)16-9-18/h1-8H,(H,17,19). The van der Waals surface area contributed by atoms with Crippen LogP contribution in [0.15, 0.2) is 53.5 Å². The second-order valence-corrected chi connectivity index (χ2v) is 3.71. The van der Waals surface area contributed by atoms with Crippen LogP contribution in [0.2, 0.25) is 0 Å². The Bertz CT molecular complexity index is 647. The number of benzene rings is 2. The molecule has 0 bridgehead atoms. The fourth-order valence-electron chi connectivity index (χ4n) is 1.51.